The van der Waals surface area contributed by atoms with Crippen molar-refractivity contribution >= 4 is 18.3 Å². The number of halogens is 1. The third kappa shape index (κ3) is 3.35. The van der Waals surface area contributed by atoms with Crippen molar-refractivity contribution in [1.29, 1.82) is 0 Å². The van der Waals surface area contributed by atoms with E-state index in [0.29, 0.717) is 17.6 Å². The normalized spacial score (nSPS) is 25.7. The van der Waals surface area contributed by atoms with Gasteiger partial charge in [0.25, 0.3) is 5.91 Å². The molecule has 2 N–H and O–H groups in total. The highest BCUT2D eigenvalue weighted by Gasteiger charge is 2.34. The Morgan fingerprint density at radius 1 is 1.26 bits per heavy atom. The molecule has 2 saturated heterocycles. The fraction of sp³-hybridized carbons (Fsp3) is 0.467. The molecule has 2 aliphatic heterocycles. The van der Waals surface area contributed by atoms with E-state index in [9.17, 15) is 4.79 Å². The first-order valence-electron chi connectivity index (χ1n) is 7.68. The molecule has 3 heterocycles. The number of nitrogens with zero attached hydrogens (tertiary/aromatic N) is 4. The molecule has 7 nitrogen and oxygen atoms in total. The molecule has 8 heteroatoms. The van der Waals surface area contributed by atoms with Crippen LogP contribution in [0.3, 0.4) is 0 Å². The van der Waals surface area contributed by atoms with E-state index in [0.717, 1.165) is 18.5 Å². The van der Waals surface area contributed by atoms with Crippen LogP contribution in [-0.4, -0.2) is 44.2 Å². The highest BCUT2D eigenvalue weighted by atomic mass is 35.5. The van der Waals surface area contributed by atoms with Crippen molar-refractivity contribution in [3.63, 3.8) is 0 Å². The zero-order chi connectivity index (χ0) is 14.9. The molecule has 0 spiro atoms. The summed E-state index contributed by atoms with van der Waals surface area (Å²) < 4.78 is 1.54. The van der Waals surface area contributed by atoms with E-state index in [2.05, 4.69) is 26.2 Å². The Labute approximate surface area is 140 Å². The summed E-state index contributed by atoms with van der Waals surface area (Å²) in [5.41, 5.74) is 1.42. The fourth-order valence-corrected chi connectivity index (χ4v) is 3.51. The molecular weight excluding hydrogens is 316 g/mol. The molecule has 1 amide bonds. The topological polar surface area (TPSA) is 84.7 Å². The summed E-state index contributed by atoms with van der Waals surface area (Å²) in [6.45, 7) is 0. The Morgan fingerprint density at radius 3 is 2.74 bits per heavy atom. The van der Waals surface area contributed by atoms with Crippen LogP contribution in [0, 0.1) is 0 Å². The van der Waals surface area contributed by atoms with Crippen molar-refractivity contribution in [1.82, 2.24) is 30.8 Å². The number of fused-ring (bicyclic) bond motifs is 2. The van der Waals surface area contributed by atoms with Crippen LogP contribution in [0.4, 0.5) is 0 Å². The number of hydrogen-bond donors (Lipinski definition) is 2. The van der Waals surface area contributed by atoms with E-state index in [-0.39, 0.29) is 24.4 Å². The second-order valence-corrected chi connectivity index (χ2v) is 6.08. The molecule has 4 rings (SSSR count). The molecule has 122 valence electrons. The molecule has 2 fully saturated rings. The SMILES string of the molecule is Cl.O=C(NC1CC2CCC(C1)N2)c1cccc(-n2cnnn2)c1. The van der Waals surface area contributed by atoms with Crippen LogP contribution in [0.15, 0.2) is 30.6 Å². The van der Waals surface area contributed by atoms with Crippen LogP contribution in [0.2, 0.25) is 0 Å². The number of aromatic nitrogens is 4. The summed E-state index contributed by atoms with van der Waals surface area (Å²) in [4.78, 5) is 12.5. The lowest BCUT2D eigenvalue weighted by Gasteiger charge is -2.29. The Morgan fingerprint density at radius 2 is 2.04 bits per heavy atom. The molecule has 23 heavy (non-hydrogen) atoms. The van der Waals surface area contributed by atoms with Crippen molar-refractivity contribution in [3.8, 4) is 5.69 Å². The average Bonchev–Trinajstić information content (AvgIpc) is 3.17. The standard InChI is InChI=1S/C15H18N6O.ClH/c22-15(18-13-7-11-4-5-12(8-13)17-11)10-2-1-3-14(6-10)21-9-16-19-20-21;/h1-3,6,9,11-13,17H,4-5,7-8H2,(H,18,22);1H. The molecule has 0 radical (unpaired) electrons. The Balaban J connectivity index is 0.00000156. The maximum atomic E-state index is 12.5. The van der Waals surface area contributed by atoms with Crippen molar-refractivity contribution < 1.29 is 4.79 Å². The Bertz CT molecular complexity index is 664. The minimum atomic E-state index is -0.0266. The van der Waals surface area contributed by atoms with Gasteiger partial charge in [-0.1, -0.05) is 6.07 Å². The smallest absolute Gasteiger partial charge is 0.251 e. The largest absolute Gasteiger partial charge is 0.349 e. The molecule has 0 saturated carbocycles. The highest BCUT2D eigenvalue weighted by molar-refractivity contribution is 5.94. The maximum absolute atomic E-state index is 12.5. The maximum Gasteiger partial charge on any atom is 0.251 e. The molecule has 1 aromatic heterocycles. The zero-order valence-electron chi connectivity index (χ0n) is 12.6. The van der Waals surface area contributed by atoms with Gasteiger partial charge in [0.05, 0.1) is 5.69 Å². The number of benzene rings is 1. The van der Waals surface area contributed by atoms with Crippen LogP contribution >= 0.6 is 12.4 Å². The summed E-state index contributed by atoms with van der Waals surface area (Å²) in [7, 11) is 0. The van der Waals surface area contributed by atoms with E-state index in [1.807, 2.05) is 18.2 Å². The van der Waals surface area contributed by atoms with Crippen LogP contribution in [-0.2, 0) is 0 Å². The minimum absolute atomic E-state index is 0. The second kappa shape index (κ2) is 6.64. The second-order valence-electron chi connectivity index (χ2n) is 6.08. The van der Waals surface area contributed by atoms with E-state index in [4.69, 9.17) is 0 Å². The van der Waals surface area contributed by atoms with Crippen LogP contribution in [0.1, 0.15) is 36.0 Å². The van der Waals surface area contributed by atoms with Gasteiger partial charge in [0, 0.05) is 23.7 Å². The molecule has 2 unspecified atom stereocenters. The lowest BCUT2D eigenvalue weighted by molar-refractivity contribution is 0.0924. The lowest BCUT2D eigenvalue weighted by atomic mass is 9.99. The van der Waals surface area contributed by atoms with E-state index in [1.54, 1.807) is 10.7 Å². The van der Waals surface area contributed by atoms with E-state index in [1.165, 1.54) is 19.2 Å². The van der Waals surface area contributed by atoms with Crippen molar-refractivity contribution in [3.05, 3.63) is 36.2 Å². The predicted molar refractivity (Wildman–Crippen MR) is 86.8 cm³/mol. The highest BCUT2D eigenvalue weighted by Crippen LogP contribution is 2.27. The Hall–Kier alpha value is -1.99. The first kappa shape index (κ1) is 15.9. The average molecular weight is 335 g/mol. The number of amides is 1. The summed E-state index contributed by atoms with van der Waals surface area (Å²) in [5.74, 6) is -0.0266. The van der Waals surface area contributed by atoms with Crippen molar-refractivity contribution in [2.45, 2.75) is 43.8 Å². The summed E-state index contributed by atoms with van der Waals surface area (Å²) in [6, 6.07) is 8.74. The predicted octanol–water partition coefficient (Wildman–Crippen LogP) is 1.10. The third-order valence-electron chi connectivity index (χ3n) is 4.53. The molecular formula is C15H19ClN6O. The van der Waals surface area contributed by atoms with Gasteiger partial charge in [0.1, 0.15) is 6.33 Å². The molecule has 1 aromatic carbocycles. The summed E-state index contributed by atoms with van der Waals surface area (Å²) >= 11 is 0. The monoisotopic (exact) mass is 334 g/mol. The van der Waals surface area contributed by atoms with Crippen molar-refractivity contribution in [2.75, 3.05) is 0 Å². The number of nitrogens with one attached hydrogen (secondary N) is 2. The quantitative estimate of drug-likeness (QED) is 0.878. The number of carbonyl (C=O) groups is 1. The van der Waals surface area contributed by atoms with Crippen LogP contribution in [0.5, 0.6) is 0 Å². The van der Waals surface area contributed by atoms with Gasteiger partial charge in [-0.3, -0.25) is 4.79 Å². The Kier molecular flexibility index (Phi) is 4.58. The van der Waals surface area contributed by atoms with Gasteiger partial charge in [-0.15, -0.1) is 17.5 Å². The zero-order valence-corrected chi connectivity index (χ0v) is 13.4. The number of carbonyl (C=O) groups excluding carboxylic acids is 1. The fourth-order valence-electron chi connectivity index (χ4n) is 3.51. The minimum Gasteiger partial charge on any atom is -0.349 e. The molecule has 2 aromatic rings. The van der Waals surface area contributed by atoms with Gasteiger partial charge >= 0.3 is 0 Å². The molecule has 2 atom stereocenters. The number of rotatable bonds is 3. The van der Waals surface area contributed by atoms with E-state index >= 15 is 0 Å². The van der Waals surface area contributed by atoms with Gasteiger partial charge in [-0.2, -0.15) is 0 Å². The first-order chi connectivity index (χ1) is 10.8. The summed E-state index contributed by atoms with van der Waals surface area (Å²) in [6.07, 6.45) is 6.02. The molecule has 2 aliphatic rings. The number of piperidine rings is 1. The first-order valence-corrected chi connectivity index (χ1v) is 7.68. The van der Waals surface area contributed by atoms with Gasteiger partial charge in [-0.25, -0.2) is 4.68 Å². The number of tetrazole rings is 1. The third-order valence-corrected chi connectivity index (χ3v) is 4.53. The number of hydrogen-bond acceptors (Lipinski definition) is 5. The van der Waals surface area contributed by atoms with Crippen LogP contribution < -0.4 is 10.6 Å². The molecule has 0 aliphatic carbocycles. The van der Waals surface area contributed by atoms with Gasteiger partial charge in [-0.05, 0) is 54.3 Å². The lowest BCUT2D eigenvalue weighted by Crippen LogP contribution is -2.48. The summed E-state index contributed by atoms with van der Waals surface area (Å²) in [5, 5.41) is 17.8. The van der Waals surface area contributed by atoms with Gasteiger partial charge in [0.2, 0.25) is 0 Å². The van der Waals surface area contributed by atoms with Gasteiger partial charge < -0.3 is 10.6 Å². The van der Waals surface area contributed by atoms with Gasteiger partial charge in [0.15, 0.2) is 0 Å². The van der Waals surface area contributed by atoms with E-state index < -0.39 is 0 Å². The van der Waals surface area contributed by atoms with Crippen molar-refractivity contribution in [2.24, 2.45) is 0 Å². The van der Waals surface area contributed by atoms with Crippen LogP contribution in [0.25, 0.3) is 5.69 Å². The molecule has 2 bridgehead atoms.